The van der Waals surface area contributed by atoms with E-state index in [0.29, 0.717) is 26.3 Å². The van der Waals surface area contributed by atoms with Crippen molar-refractivity contribution in [3.63, 3.8) is 0 Å². The highest BCUT2D eigenvalue weighted by atomic mass is 79.9. The Balaban J connectivity index is 1.90. The summed E-state index contributed by atoms with van der Waals surface area (Å²) in [6, 6.07) is 12.2. The molecule has 1 saturated heterocycles. The molecular formula is C16H10BrClN2O2S. The lowest BCUT2D eigenvalue weighted by Crippen LogP contribution is -2.19. The van der Waals surface area contributed by atoms with Crippen LogP contribution in [0.25, 0.3) is 6.08 Å². The van der Waals surface area contributed by atoms with Crippen molar-refractivity contribution in [3.05, 3.63) is 62.4 Å². The molecule has 0 unspecified atom stereocenters. The first kappa shape index (κ1) is 16.1. The maximum atomic E-state index is 12.1. The number of aliphatic imine (C=N–C) groups is 1. The molecule has 7 heteroatoms. The number of amidine groups is 1. The minimum absolute atomic E-state index is 0.102. The third-order valence-corrected chi connectivity index (χ3v) is 4.72. The molecule has 0 saturated carbocycles. The van der Waals surface area contributed by atoms with Crippen LogP contribution in [0, 0.1) is 0 Å². The highest BCUT2D eigenvalue weighted by Gasteiger charge is 2.24. The van der Waals surface area contributed by atoms with E-state index in [0.717, 1.165) is 4.47 Å². The number of nitrogens with zero attached hydrogens (tertiary/aromatic N) is 1. The average molecular weight is 410 g/mol. The summed E-state index contributed by atoms with van der Waals surface area (Å²) in [7, 11) is 0. The molecule has 2 aromatic carbocycles. The summed E-state index contributed by atoms with van der Waals surface area (Å²) in [6.45, 7) is 0. The van der Waals surface area contributed by atoms with Gasteiger partial charge >= 0.3 is 0 Å². The van der Waals surface area contributed by atoms with Crippen molar-refractivity contribution in [2.45, 2.75) is 0 Å². The van der Waals surface area contributed by atoms with Crippen molar-refractivity contribution < 1.29 is 9.90 Å². The largest absolute Gasteiger partial charge is 0.507 e. The van der Waals surface area contributed by atoms with Gasteiger partial charge in [0.05, 0.1) is 15.6 Å². The van der Waals surface area contributed by atoms with E-state index in [2.05, 4.69) is 26.2 Å². The molecule has 2 aromatic rings. The predicted molar refractivity (Wildman–Crippen MR) is 98.1 cm³/mol. The third kappa shape index (κ3) is 3.77. The van der Waals surface area contributed by atoms with Crippen molar-refractivity contribution in [2.24, 2.45) is 4.99 Å². The molecule has 0 radical (unpaired) electrons. The lowest BCUT2D eigenvalue weighted by molar-refractivity contribution is -0.115. The molecule has 23 heavy (non-hydrogen) atoms. The van der Waals surface area contributed by atoms with E-state index in [-0.39, 0.29) is 11.7 Å². The van der Waals surface area contributed by atoms with E-state index < -0.39 is 0 Å². The molecule has 0 aliphatic carbocycles. The molecule has 116 valence electrons. The minimum atomic E-state index is -0.264. The Hall–Kier alpha value is -1.76. The van der Waals surface area contributed by atoms with Gasteiger partial charge in [0, 0.05) is 10.0 Å². The van der Waals surface area contributed by atoms with Crippen molar-refractivity contribution in [1.29, 1.82) is 0 Å². The van der Waals surface area contributed by atoms with Gasteiger partial charge in [-0.2, -0.15) is 0 Å². The number of para-hydroxylation sites is 1. The van der Waals surface area contributed by atoms with E-state index in [9.17, 15) is 9.90 Å². The smallest absolute Gasteiger partial charge is 0.264 e. The SMILES string of the molecule is O=C1NC(=Nc2ccccc2Cl)S/C1=C/c1cc(Br)ccc1O. The van der Waals surface area contributed by atoms with E-state index in [1.165, 1.54) is 11.8 Å². The number of phenolic OH excluding ortho intramolecular Hbond substituents is 1. The van der Waals surface area contributed by atoms with E-state index in [1.807, 2.05) is 12.1 Å². The zero-order valence-electron chi connectivity index (χ0n) is 11.6. The number of nitrogens with one attached hydrogen (secondary N) is 1. The Bertz CT molecular complexity index is 852. The number of hydrogen-bond donors (Lipinski definition) is 2. The lowest BCUT2D eigenvalue weighted by Gasteiger charge is -2.00. The van der Waals surface area contributed by atoms with Crippen LogP contribution in [0.4, 0.5) is 5.69 Å². The van der Waals surface area contributed by atoms with Gasteiger partial charge in [-0.25, -0.2) is 4.99 Å². The number of benzene rings is 2. The Morgan fingerprint density at radius 3 is 2.83 bits per heavy atom. The van der Waals surface area contributed by atoms with Crippen LogP contribution < -0.4 is 5.32 Å². The molecule has 0 bridgehead atoms. The predicted octanol–water partition coefficient (Wildman–Crippen LogP) is 4.70. The van der Waals surface area contributed by atoms with E-state index in [1.54, 1.807) is 36.4 Å². The first-order valence-corrected chi connectivity index (χ1v) is 8.54. The fraction of sp³-hybridized carbons (Fsp3) is 0. The van der Waals surface area contributed by atoms with E-state index in [4.69, 9.17) is 11.6 Å². The molecule has 1 heterocycles. The van der Waals surface area contributed by atoms with Crippen molar-refractivity contribution >= 4 is 62.1 Å². The summed E-state index contributed by atoms with van der Waals surface area (Å²) in [5.41, 5.74) is 1.14. The van der Waals surface area contributed by atoms with E-state index >= 15 is 0 Å². The maximum Gasteiger partial charge on any atom is 0.264 e. The molecule has 2 N–H and O–H groups in total. The van der Waals surface area contributed by atoms with Crippen molar-refractivity contribution in [2.75, 3.05) is 0 Å². The number of amides is 1. The molecule has 1 aliphatic heterocycles. The van der Waals surface area contributed by atoms with Gasteiger partial charge in [-0.1, -0.05) is 39.7 Å². The van der Waals surface area contributed by atoms with Crippen LogP contribution in [0.3, 0.4) is 0 Å². The minimum Gasteiger partial charge on any atom is -0.507 e. The van der Waals surface area contributed by atoms with Gasteiger partial charge in [0.25, 0.3) is 5.91 Å². The monoisotopic (exact) mass is 408 g/mol. The van der Waals surface area contributed by atoms with Gasteiger partial charge < -0.3 is 10.4 Å². The van der Waals surface area contributed by atoms with Crippen LogP contribution in [0.2, 0.25) is 5.02 Å². The van der Waals surface area contributed by atoms with Crippen LogP contribution in [0.1, 0.15) is 5.56 Å². The van der Waals surface area contributed by atoms with Crippen LogP contribution in [-0.2, 0) is 4.79 Å². The van der Waals surface area contributed by atoms with Crippen LogP contribution in [-0.4, -0.2) is 16.2 Å². The molecular weight excluding hydrogens is 400 g/mol. The Morgan fingerprint density at radius 2 is 2.04 bits per heavy atom. The second-order valence-corrected chi connectivity index (χ2v) is 6.99. The number of carbonyl (C=O) groups is 1. The van der Waals surface area contributed by atoms with Gasteiger partial charge in [-0.15, -0.1) is 0 Å². The quantitative estimate of drug-likeness (QED) is 0.707. The zero-order valence-corrected chi connectivity index (χ0v) is 14.7. The number of thioether (sulfide) groups is 1. The molecule has 1 fully saturated rings. The first-order valence-electron chi connectivity index (χ1n) is 6.55. The highest BCUT2D eigenvalue weighted by Crippen LogP contribution is 2.32. The third-order valence-electron chi connectivity index (χ3n) is 3.00. The molecule has 4 nitrogen and oxygen atoms in total. The first-order chi connectivity index (χ1) is 11.0. The van der Waals surface area contributed by atoms with Gasteiger partial charge in [0.1, 0.15) is 5.75 Å². The Labute approximate surface area is 150 Å². The number of rotatable bonds is 2. The second kappa shape index (κ2) is 6.78. The van der Waals surface area contributed by atoms with Gasteiger partial charge in [-0.05, 0) is 48.2 Å². The van der Waals surface area contributed by atoms with Crippen molar-refractivity contribution in [1.82, 2.24) is 5.32 Å². The summed E-state index contributed by atoms with van der Waals surface area (Å²) < 4.78 is 0.815. The van der Waals surface area contributed by atoms with Gasteiger partial charge in [-0.3, -0.25) is 4.79 Å². The molecule has 1 aliphatic rings. The van der Waals surface area contributed by atoms with Gasteiger partial charge in [0.15, 0.2) is 5.17 Å². The molecule has 0 atom stereocenters. The topological polar surface area (TPSA) is 61.7 Å². The maximum absolute atomic E-state index is 12.1. The molecule has 1 amide bonds. The Kier molecular flexibility index (Phi) is 4.75. The van der Waals surface area contributed by atoms with Crippen molar-refractivity contribution in [3.8, 4) is 5.75 Å². The average Bonchev–Trinajstić information content (AvgIpc) is 2.85. The molecule has 0 spiro atoms. The lowest BCUT2D eigenvalue weighted by atomic mass is 10.2. The highest BCUT2D eigenvalue weighted by molar-refractivity contribution is 9.10. The number of carbonyl (C=O) groups excluding carboxylic acids is 1. The number of hydrogen-bond acceptors (Lipinski definition) is 4. The summed E-state index contributed by atoms with van der Waals surface area (Å²) in [6.07, 6.45) is 1.62. The fourth-order valence-electron chi connectivity index (χ4n) is 1.91. The zero-order chi connectivity index (χ0) is 16.4. The standard InChI is InChI=1S/C16H10BrClN2O2S/c17-10-5-6-13(21)9(7-10)8-14-15(22)20-16(23-14)19-12-4-2-1-3-11(12)18/h1-8,21H,(H,19,20,22)/b14-8+. The second-order valence-electron chi connectivity index (χ2n) is 4.64. The van der Waals surface area contributed by atoms with Crippen LogP contribution in [0.5, 0.6) is 5.75 Å². The number of phenols is 1. The molecule has 3 rings (SSSR count). The summed E-state index contributed by atoms with van der Waals surface area (Å²) in [5.74, 6) is -0.161. The summed E-state index contributed by atoms with van der Waals surface area (Å²) in [5, 5.41) is 13.5. The molecule has 0 aromatic heterocycles. The van der Waals surface area contributed by atoms with Crippen LogP contribution in [0.15, 0.2) is 56.8 Å². The normalized spacial score (nSPS) is 17.7. The van der Waals surface area contributed by atoms with Crippen LogP contribution >= 0.6 is 39.3 Å². The fourth-order valence-corrected chi connectivity index (χ4v) is 3.30. The number of halogens is 2. The Morgan fingerprint density at radius 1 is 1.26 bits per heavy atom. The van der Waals surface area contributed by atoms with Gasteiger partial charge in [0.2, 0.25) is 0 Å². The summed E-state index contributed by atoms with van der Waals surface area (Å²) in [4.78, 5) is 16.8. The number of aromatic hydroxyl groups is 1. The summed E-state index contributed by atoms with van der Waals surface area (Å²) >= 11 is 10.6.